The van der Waals surface area contributed by atoms with Crippen molar-refractivity contribution in [2.24, 2.45) is 0 Å². The third kappa shape index (κ3) is 2.22. The van der Waals surface area contributed by atoms with Gasteiger partial charge in [0.2, 0.25) is 0 Å². The summed E-state index contributed by atoms with van der Waals surface area (Å²) in [5, 5.41) is 0.536. The smallest absolute Gasteiger partial charge is 0.137 e. The molecule has 0 amide bonds. The van der Waals surface area contributed by atoms with Gasteiger partial charge in [0.1, 0.15) is 12.0 Å². The fourth-order valence-corrected chi connectivity index (χ4v) is 1.31. The van der Waals surface area contributed by atoms with Gasteiger partial charge < -0.3 is 9.53 Å². The number of carbonyl (C=O) groups excluding carboxylic acids is 1. The molecule has 0 N–H and O–H groups in total. The standard InChI is InChI=1S/C10H11ClO2/c1-7(6-12)8-3-4-10(13-2)9(11)5-8/h3-7H,1-2H3. The highest BCUT2D eigenvalue weighted by molar-refractivity contribution is 6.32. The molecule has 13 heavy (non-hydrogen) atoms. The predicted octanol–water partition coefficient (Wildman–Crippen LogP) is 2.65. The maximum absolute atomic E-state index is 10.5. The zero-order valence-corrected chi connectivity index (χ0v) is 8.34. The van der Waals surface area contributed by atoms with E-state index >= 15 is 0 Å². The second-order valence-electron chi connectivity index (χ2n) is 2.82. The molecule has 0 fully saturated rings. The van der Waals surface area contributed by atoms with E-state index in [1.165, 1.54) is 0 Å². The molecule has 1 aromatic carbocycles. The van der Waals surface area contributed by atoms with Crippen LogP contribution in [0.2, 0.25) is 5.02 Å². The quantitative estimate of drug-likeness (QED) is 0.698. The van der Waals surface area contributed by atoms with Gasteiger partial charge in [-0.2, -0.15) is 0 Å². The van der Waals surface area contributed by atoms with Gasteiger partial charge in [-0.3, -0.25) is 0 Å². The molecule has 0 saturated carbocycles. The van der Waals surface area contributed by atoms with Crippen LogP contribution in [0.1, 0.15) is 18.4 Å². The van der Waals surface area contributed by atoms with Gasteiger partial charge in [0.05, 0.1) is 12.1 Å². The molecule has 1 atom stereocenters. The number of benzene rings is 1. The first kappa shape index (κ1) is 10.1. The van der Waals surface area contributed by atoms with Crippen LogP contribution in [0.25, 0.3) is 0 Å². The lowest BCUT2D eigenvalue weighted by Crippen LogP contribution is -1.94. The Morgan fingerprint density at radius 1 is 1.54 bits per heavy atom. The lowest BCUT2D eigenvalue weighted by Gasteiger charge is -2.07. The number of rotatable bonds is 3. The Bertz CT molecular complexity index is 310. The number of halogens is 1. The van der Waals surface area contributed by atoms with Crippen molar-refractivity contribution in [2.75, 3.05) is 7.11 Å². The van der Waals surface area contributed by atoms with Crippen LogP contribution in [-0.4, -0.2) is 13.4 Å². The van der Waals surface area contributed by atoms with Crippen molar-refractivity contribution in [3.05, 3.63) is 28.8 Å². The van der Waals surface area contributed by atoms with Gasteiger partial charge in [0, 0.05) is 5.92 Å². The second-order valence-corrected chi connectivity index (χ2v) is 3.23. The topological polar surface area (TPSA) is 26.3 Å². The van der Waals surface area contributed by atoms with Crippen LogP contribution in [0.5, 0.6) is 5.75 Å². The lowest BCUT2D eigenvalue weighted by molar-refractivity contribution is -0.108. The van der Waals surface area contributed by atoms with Crippen molar-refractivity contribution < 1.29 is 9.53 Å². The average Bonchev–Trinajstić information content (AvgIpc) is 2.16. The van der Waals surface area contributed by atoms with Gasteiger partial charge in [-0.05, 0) is 17.7 Å². The molecule has 3 heteroatoms. The Kier molecular flexibility index (Phi) is 3.32. The number of ether oxygens (including phenoxy) is 1. The van der Waals surface area contributed by atoms with Gasteiger partial charge in [-0.25, -0.2) is 0 Å². The summed E-state index contributed by atoms with van der Waals surface area (Å²) < 4.78 is 4.99. The van der Waals surface area contributed by atoms with E-state index in [0.717, 1.165) is 11.8 Å². The third-order valence-electron chi connectivity index (χ3n) is 1.91. The van der Waals surface area contributed by atoms with E-state index in [1.807, 2.05) is 13.0 Å². The minimum atomic E-state index is -0.122. The number of hydrogen-bond acceptors (Lipinski definition) is 2. The fraction of sp³-hybridized carbons (Fsp3) is 0.300. The van der Waals surface area contributed by atoms with Crippen LogP contribution in [0.15, 0.2) is 18.2 Å². The first-order chi connectivity index (χ1) is 6.19. The Labute approximate surface area is 82.5 Å². The molecule has 2 nitrogen and oxygen atoms in total. The minimum Gasteiger partial charge on any atom is -0.495 e. The van der Waals surface area contributed by atoms with Crippen LogP contribution in [0.3, 0.4) is 0 Å². The van der Waals surface area contributed by atoms with Crippen molar-refractivity contribution in [3.63, 3.8) is 0 Å². The van der Waals surface area contributed by atoms with Crippen LogP contribution >= 0.6 is 11.6 Å². The van der Waals surface area contributed by atoms with Gasteiger partial charge in [0.15, 0.2) is 0 Å². The maximum atomic E-state index is 10.5. The molecule has 70 valence electrons. The molecule has 0 saturated heterocycles. The van der Waals surface area contributed by atoms with Crippen molar-refractivity contribution in [3.8, 4) is 5.75 Å². The molecule has 0 aliphatic rings. The van der Waals surface area contributed by atoms with Gasteiger partial charge in [0.25, 0.3) is 0 Å². The van der Waals surface area contributed by atoms with Crippen LogP contribution < -0.4 is 4.74 Å². The van der Waals surface area contributed by atoms with E-state index in [9.17, 15) is 4.79 Å². The molecule has 0 heterocycles. The Balaban J connectivity index is 3.02. The van der Waals surface area contributed by atoms with Crippen molar-refractivity contribution in [2.45, 2.75) is 12.8 Å². The average molecular weight is 199 g/mol. The predicted molar refractivity (Wildman–Crippen MR) is 52.5 cm³/mol. The molecule has 0 aliphatic carbocycles. The number of methoxy groups -OCH3 is 1. The molecular formula is C10H11ClO2. The highest BCUT2D eigenvalue weighted by atomic mass is 35.5. The summed E-state index contributed by atoms with van der Waals surface area (Å²) in [6.45, 7) is 1.82. The summed E-state index contributed by atoms with van der Waals surface area (Å²) in [6, 6.07) is 5.35. The summed E-state index contributed by atoms with van der Waals surface area (Å²) in [6.07, 6.45) is 0.887. The Morgan fingerprint density at radius 3 is 2.69 bits per heavy atom. The summed E-state index contributed by atoms with van der Waals surface area (Å²) in [4.78, 5) is 10.5. The fourth-order valence-electron chi connectivity index (χ4n) is 1.04. The van der Waals surface area contributed by atoms with Gasteiger partial charge in [-0.1, -0.05) is 24.6 Å². The SMILES string of the molecule is COc1ccc(C(C)C=O)cc1Cl. The number of aldehydes is 1. The molecule has 0 bridgehead atoms. The van der Waals surface area contributed by atoms with E-state index < -0.39 is 0 Å². The molecule has 1 rings (SSSR count). The molecule has 1 unspecified atom stereocenters. The van der Waals surface area contributed by atoms with E-state index in [1.54, 1.807) is 19.2 Å². The van der Waals surface area contributed by atoms with Gasteiger partial charge in [-0.15, -0.1) is 0 Å². The summed E-state index contributed by atoms with van der Waals surface area (Å²) >= 11 is 5.89. The van der Waals surface area contributed by atoms with Crippen molar-refractivity contribution >= 4 is 17.9 Å². The summed E-state index contributed by atoms with van der Waals surface area (Å²) in [5.74, 6) is 0.506. The minimum absolute atomic E-state index is 0.122. The maximum Gasteiger partial charge on any atom is 0.137 e. The van der Waals surface area contributed by atoms with Crippen molar-refractivity contribution in [1.82, 2.24) is 0 Å². The highest BCUT2D eigenvalue weighted by Gasteiger charge is 2.06. The highest BCUT2D eigenvalue weighted by Crippen LogP contribution is 2.27. The monoisotopic (exact) mass is 198 g/mol. The second kappa shape index (κ2) is 4.28. The Morgan fingerprint density at radius 2 is 2.23 bits per heavy atom. The number of carbonyl (C=O) groups is 1. The zero-order chi connectivity index (χ0) is 9.84. The molecule has 0 aromatic heterocycles. The van der Waals surface area contributed by atoms with E-state index in [2.05, 4.69) is 0 Å². The third-order valence-corrected chi connectivity index (χ3v) is 2.20. The molecule has 0 radical (unpaired) electrons. The van der Waals surface area contributed by atoms with Crippen molar-refractivity contribution in [1.29, 1.82) is 0 Å². The van der Waals surface area contributed by atoms with E-state index in [0.29, 0.717) is 10.8 Å². The molecule has 0 spiro atoms. The van der Waals surface area contributed by atoms with E-state index in [-0.39, 0.29) is 5.92 Å². The van der Waals surface area contributed by atoms with Crippen LogP contribution in [-0.2, 0) is 4.79 Å². The summed E-state index contributed by atoms with van der Waals surface area (Å²) in [7, 11) is 1.56. The first-order valence-electron chi connectivity index (χ1n) is 3.97. The Hall–Kier alpha value is -1.02. The number of hydrogen-bond donors (Lipinski definition) is 0. The van der Waals surface area contributed by atoms with Gasteiger partial charge >= 0.3 is 0 Å². The molecule has 1 aromatic rings. The zero-order valence-electron chi connectivity index (χ0n) is 7.58. The van der Waals surface area contributed by atoms with Crippen LogP contribution in [0, 0.1) is 0 Å². The largest absolute Gasteiger partial charge is 0.495 e. The molecular weight excluding hydrogens is 188 g/mol. The first-order valence-corrected chi connectivity index (χ1v) is 4.35. The summed E-state index contributed by atoms with van der Waals surface area (Å²) in [5.41, 5.74) is 0.904. The van der Waals surface area contributed by atoms with Crippen LogP contribution in [0.4, 0.5) is 0 Å². The van der Waals surface area contributed by atoms with E-state index in [4.69, 9.17) is 16.3 Å². The normalized spacial score (nSPS) is 12.2. The molecule has 0 aliphatic heterocycles. The lowest BCUT2D eigenvalue weighted by atomic mass is 10.0.